The second-order valence-electron chi connectivity index (χ2n) is 6.73. The van der Waals surface area contributed by atoms with E-state index in [1.54, 1.807) is 11.0 Å². The molecule has 3 rings (SSSR count). The fourth-order valence-electron chi connectivity index (χ4n) is 3.27. The van der Waals surface area contributed by atoms with Gasteiger partial charge in [0.15, 0.2) is 11.5 Å². The molecule has 146 valence electrons. The Morgan fingerprint density at radius 1 is 1.33 bits per heavy atom. The molecule has 7 nitrogen and oxygen atoms in total. The molecule has 1 aliphatic heterocycles. The first-order chi connectivity index (χ1) is 12.6. The smallest absolute Gasteiger partial charge is 0.273 e. The summed E-state index contributed by atoms with van der Waals surface area (Å²) >= 11 is 0. The minimum absolute atomic E-state index is 0. The summed E-state index contributed by atoms with van der Waals surface area (Å²) in [7, 11) is 0. The lowest BCUT2D eigenvalue weighted by Gasteiger charge is -2.38. The zero-order valence-electron chi connectivity index (χ0n) is 15.3. The topological polar surface area (TPSA) is 101 Å². The van der Waals surface area contributed by atoms with Crippen LogP contribution >= 0.6 is 12.4 Å². The number of hydrogen-bond acceptors (Lipinski definition) is 5. The number of carbonyl (C=O) groups excluding carboxylic acids is 2. The summed E-state index contributed by atoms with van der Waals surface area (Å²) in [5.74, 6) is 0.524. The number of rotatable bonds is 5. The first-order valence-corrected chi connectivity index (χ1v) is 8.88. The van der Waals surface area contributed by atoms with Crippen LogP contribution in [0.4, 0.5) is 0 Å². The van der Waals surface area contributed by atoms with E-state index in [9.17, 15) is 9.59 Å². The molecule has 3 N–H and O–H groups in total. The van der Waals surface area contributed by atoms with Crippen LogP contribution in [-0.2, 0) is 4.79 Å². The van der Waals surface area contributed by atoms with Gasteiger partial charge in [0, 0.05) is 30.8 Å². The Morgan fingerprint density at radius 3 is 2.78 bits per heavy atom. The molecule has 2 unspecified atom stereocenters. The summed E-state index contributed by atoms with van der Waals surface area (Å²) in [6, 6.07) is 11.0. The number of carbonyl (C=O) groups is 2. The van der Waals surface area contributed by atoms with Crippen LogP contribution < -0.4 is 11.1 Å². The van der Waals surface area contributed by atoms with E-state index in [1.807, 2.05) is 30.3 Å². The highest BCUT2D eigenvalue weighted by atomic mass is 35.5. The van der Waals surface area contributed by atoms with Gasteiger partial charge in [-0.15, -0.1) is 12.4 Å². The molecule has 1 aliphatic rings. The summed E-state index contributed by atoms with van der Waals surface area (Å²) in [6.07, 6.45) is 1.86. The Labute approximate surface area is 164 Å². The van der Waals surface area contributed by atoms with E-state index in [0.717, 1.165) is 18.4 Å². The van der Waals surface area contributed by atoms with Crippen LogP contribution in [0.5, 0.6) is 0 Å². The highest BCUT2D eigenvalue weighted by molar-refractivity contribution is 5.95. The van der Waals surface area contributed by atoms with Gasteiger partial charge in [-0.05, 0) is 18.8 Å². The Kier molecular flexibility index (Phi) is 7.38. The lowest BCUT2D eigenvalue weighted by Crippen LogP contribution is -2.52. The maximum absolute atomic E-state index is 12.4. The van der Waals surface area contributed by atoms with Gasteiger partial charge in [0.2, 0.25) is 5.91 Å². The van der Waals surface area contributed by atoms with E-state index >= 15 is 0 Å². The third-order valence-electron chi connectivity index (χ3n) is 4.77. The molecule has 0 radical (unpaired) electrons. The maximum Gasteiger partial charge on any atom is 0.273 e. The number of halogens is 1. The van der Waals surface area contributed by atoms with Crippen LogP contribution in [0.15, 0.2) is 40.9 Å². The van der Waals surface area contributed by atoms with Gasteiger partial charge in [-0.25, -0.2) is 0 Å². The predicted octanol–water partition coefficient (Wildman–Crippen LogP) is 2.08. The molecule has 1 aromatic carbocycles. The van der Waals surface area contributed by atoms with Gasteiger partial charge < -0.3 is 20.5 Å². The highest BCUT2D eigenvalue weighted by Crippen LogP contribution is 2.22. The SMILES string of the molecule is CC1CCN(C(=O)CNC(=O)c2cc(-c3ccccc3)on2)C(CN)C1.Cl. The molecule has 1 aromatic heterocycles. The highest BCUT2D eigenvalue weighted by Gasteiger charge is 2.29. The maximum atomic E-state index is 12.4. The lowest BCUT2D eigenvalue weighted by atomic mass is 9.92. The van der Waals surface area contributed by atoms with E-state index < -0.39 is 5.91 Å². The first kappa shape index (κ1) is 20.9. The standard InChI is InChI=1S/C19H24N4O3.ClH/c1-13-7-8-23(15(9-13)11-20)18(24)12-21-19(25)16-10-17(26-22-16)14-5-3-2-4-6-14;/h2-6,10,13,15H,7-9,11-12,20H2,1H3,(H,21,25);1H. The van der Waals surface area contributed by atoms with Gasteiger partial charge >= 0.3 is 0 Å². The van der Waals surface area contributed by atoms with E-state index in [4.69, 9.17) is 10.3 Å². The summed E-state index contributed by atoms with van der Waals surface area (Å²) in [4.78, 5) is 26.5. The lowest BCUT2D eigenvalue weighted by molar-refractivity contribution is -0.134. The number of nitrogens with zero attached hydrogens (tertiary/aromatic N) is 2. The minimum atomic E-state index is -0.432. The zero-order valence-corrected chi connectivity index (χ0v) is 16.1. The summed E-state index contributed by atoms with van der Waals surface area (Å²) in [5.41, 5.74) is 6.78. The Morgan fingerprint density at radius 2 is 2.07 bits per heavy atom. The molecular weight excluding hydrogens is 368 g/mol. The molecule has 27 heavy (non-hydrogen) atoms. The summed E-state index contributed by atoms with van der Waals surface area (Å²) in [5, 5.41) is 6.42. The molecule has 2 aromatic rings. The van der Waals surface area contributed by atoms with Crippen LogP contribution in [0.1, 0.15) is 30.3 Å². The number of nitrogens with one attached hydrogen (secondary N) is 1. The average molecular weight is 393 g/mol. The van der Waals surface area contributed by atoms with Gasteiger partial charge in [-0.2, -0.15) is 0 Å². The normalized spacial score (nSPS) is 19.3. The third-order valence-corrected chi connectivity index (χ3v) is 4.77. The van der Waals surface area contributed by atoms with Gasteiger partial charge in [0.1, 0.15) is 0 Å². The van der Waals surface area contributed by atoms with Gasteiger partial charge in [0.05, 0.1) is 6.54 Å². The monoisotopic (exact) mass is 392 g/mol. The van der Waals surface area contributed by atoms with Gasteiger partial charge in [-0.1, -0.05) is 42.4 Å². The third kappa shape index (κ3) is 5.08. The van der Waals surface area contributed by atoms with E-state index in [2.05, 4.69) is 17.4 Å². The molecule has 1 fully saturated rings. The number of likely N-dealkylation sites (tertiary alicyclic amines) is 1. The first-order valence-electron chi connectivity index (χ1n) is 8.88. The van der Waals surface area contributed by atoms with Crippen molar-refractivity contribution in [2.75, 3.05) is 19.6 Å². The van der Waals surface area contributed by atoms with Crippen molar-refractivity contribution in [3.8, 4) is 11.3 Å². The van der Waals surface area contributed by atoms with Crippen LogP contribution in [0.25, 0.3) is 11.3 Å². The Balaban J connectivity index is 0.00000261. The van der Waals surface area contributed by atoms with Gasteiger partial charge in [-0.3, -0.25) is 9.59 Å². The van der Waals surface area contributed by atoms with Crippen molar-refractivity contribution in [2.24, 2.45) is 11.7 Å². The van der Waals surface area contributed by atoms with Gasteiger partial charge in [0.25, 0.3) is 5.91 Å². The van der Waals surface area contributed by atoms with Crippen LogP contribution in [0.2, 0.25) is 0 Å². The largest absolute Gasteiger partial charge is 0.355 e. The molecular formula is C19H25ClN4O3. The fourth-order valence-corrected chi connectivity index (χ4v) is 3.27. The molecule has 1 saturated heterocycles. The quantitative estimate of drug-likeness (QED) is 0.811. The Hall–Kier alpha value is -2.38. The van der Waals surface area contributed by atoms with Crippen LogP contribution in [-0.4, -0.2) is 47.5 Å². The molecule has 0 bridgehead atoms. The van der Waals surface area contributed by atoms with Crippen molar-refractivity contribution in [1.29, 1.82) is 0 Å². The van der Waals surface area contributed by atoms with E-state index in [-0.39, 0.29) is 36.6 Å². The predicted molar refractivity (Wildman–Crippen MR) is 104 cm³/mol. The van der Waals surface area contributed by atoms with Crippen LogP contribution in [0.3, 0.4) is 0 Å². The second kappa shape index (κ2) is 9.53. The molecule has 0 spiro atoms. The molecule has 0 saturated carbocycles. The number of piperidine rings is 1. The Bertz CT molecular complexity index is 765. The molecule has 8 heteroatoms. The van der Waals surface area contributed by atoms with E-state index in [0.29, 0.717) is 24.8 Å². The van der Waals surface area contributed by atoms with Crippen molar-refractivity contribution in [3.05, 3.63) is 42.1 Å². The van der Waals surface area contributed by atoms with E-state index in [1.165, 1.54) is 0 Å². The van der Waals surface area contributed by atoms with Crippen LogP contribution in [0, 0.1) is 5.92 Å². The molecule has 2 amide bonds. The molecule has 2 heterocycles. The summed E-state index contributed by atoms with van der Waals surface area (Å²) in [6.45, 7) is 3.21. The minimum Gasteiger partial charge on any atom is -0.355 e. The fraction of sp³-hybridized carbons (Fsp3) is 0.421. The molecule has 0 aliphatic carbocycles. The second-order valence-corrected chi connectivity index (χ2v) is 6.73. The summed E-state index contributed by atoms with van der Waals surface area (Å²) < 4.78 is 5.22. The van der Waals surface area contributed by atoms with Crippen molar-refractivity contribution < 1.29 is 14.1 Å². The number of hydrogen-bond donors (Lipinski definition) is 2. The zero-order chi connectivity index (χ0) is 18.5. The number of aromatic nitrogens is 1. The number of benzene rings is 1. The molecule has 2 atom stereocenters. The number of amides is 2. The van der Waals surface area contributed by atoms with Crippen molar-refractivity contribution >= 4 is 24.2 Å². The average Bonchev–Trinajstić information content (AvgIpc) is 3.16. The van der Waals surface area contributed by atoms with Crippen molar-refractivity contribution in [2.45, 2.75) is 25.8 Å². The number of nitrogens with two attached hydrogens (primary N) is 1. The van der Waals surface area contributed by atoms with Crippen molar-refractivity contribution in [3.63, 3.8) is 0 Å². The van der Waals surface area contributed by atoms with Crippen molar-refractivity contribution in [1.82, 2.24) is 15.4 Å².